The zero-order valence-electron chi connectivity index (χ0n) is 9.08. The number of nitrogens with zero attached hydrogens (tertiary/aromatic N) is 1. The molecule has 0 aliphatic heterocycles. The molecule has 0 saturated carbocycles. The van der Waals surface area contributed by atoms with Crippen LogP contribution < -0.4 is 5.32 Å². The molecule has 0 bridgehead atoms. The maximum Gasteiger partial charge on any atom is 0.317 e. The van der Waals surface area contributed by atoms with Gasteiger partial charge in [-0.05, 0) is 20.8 Å². The number of urea groups is 1. The van der Waals surface area contributed by atoms with Gasteiger partial charge in [-0.2, -0.15) is 0 Å². The van der Waals surface area contributed by atoms with Gasteiger partial charge in [0.15, 0.2) is 0 Å². The summed E-state index contributed by atoms with van der Waals surface area (Å²) in [4.78, 5) is 13.1. The summed E-state index contributed by atoms with van der Waals surface area (Å²) in [5.74, 6) is 0. The standard InChI is InChI=1S/C9H20N2O3/c1-4-11(5-2)8(14)10-9(3,6-12)7-13/h12-13H,4-7H2,1-3H3,(H,10,14). The summed E-state index contributed by atoms with van der Waals surface area (Å²) in [7, 11) is 0. The third-order valence-electron chi connectivity index (χ3n) is 2.16. The number of carbonyl (C=O) groups is 1. The lowest BCUT2D eigenvalue weighted by Crippen LogP contribution is -2.55. The molecule has 0 aliphatic carbocycles. The molecule has 5 heteroatoms. The summed E-state index contributed by atoms with van der Waals surface area (Å²) in [6.07, 6.45) is 0. The molecule has 0 aliphatic rings. The first-order valence-electron chi connectivity index (χ1n) is 4.81. The molecule has 0 aromatic carbocycles. The zero-order valence-corrected chi connectivity index (χ0v) is 9.08. The van der Waals surface area contributed by atoms with E-state index in [1.807, 2.05) is 13.8 Å². The quantitative estimate of drug-likeness (QED) is 0.580. The van der Waals surface area contributed by atoms with Crippen molar-refractivity contribution in [2.75, 3.05) is 26.3 Å². The van der Waals surface area contributed by atoms with Crippen molar-refractivity contribution >= 4 is 6.03 Å². The summed E-state index contributed by atoms with van der Waals surface area (Å²) in [5.41, 5.74) is -0.945. The van der Waals surface area contributed by atoms with Crippen molar-refractivity contribution < 1.29 is 15.0 Å². The van der Waals surface area contributed by atoms with Crippen LogP contribution in [0, 0.1) is 0 Å². The van der Waals surface area contributed by atoms with E-state index in [1.54, 1.807) is 11.8 Å². The molecule has 0 spiro atoms. The molecule has 84 valence electrons. The van der Waals surface area contributed by atoms with Crippen LogP contribution in [0.3, 0.4) is 0 Å². The van der Waals surface area contributed by atoms with Gasteiger partial charge in [0, 0.05) is 13.1 Å². The Kier molecular flexibility index (Phi) is 5.49. The van der Waals surface area contributed by atoms with Crippen molar-refractivity contribution in [2.24, 2.45) is 0 Å². The fraction of sp³-hybridized carbons (Fsp3) is 0.889. The Bertz CT molecular complexity index is 177. The van der Waals surface area contributed by atoms with Gasteiger partial charge in [0.2, 0.25) is 0 Å². The Morgan fingerprint density at radius 3 is 2.00 bits per heavy atom. The molecule has 0 aromatic heterocycles. The minimum Gasteiger partial charge on any atom is -0.394 e. The van der Waals surface area contributed by atoms with Crippen molar-refractivity contribution in [1.82, 2.24) is 10.2 Å². The number of hydrogen-bond donors (Lipinski definition) is 3. The molecule has 3 N–H and O–H groups in total. The van der Waals surface area contributed by atoms with Crippen molar-refractivity contribution in [2.45, 2.75) is 26.3 Å². The molecule has 2 amide bonds. The molecule has 0 atom stereocenters. The van der Waals surface area contributed by atoms with Gasteiger partial charge < -0.3 is 20.4 Å². The highest BCUT2D eigenvalue weighted by Crippen LogP contribution is 2.02. The first kappa shape index (κ1) is 13.2. The first-order valence-corrected chi connectivity index (χ1v) is 4.81. The van der Waals surface area contributed by atoms with E-state index in [4.69, 9.17) is 10.2 Å². The molecular weight excluding hydrogens is 184 g/mol. The number of nitrogens with one attached hydrogen (secondary N) is 1. The fourth-order valence-electron chi connectivity index (χ4n) is 0.977. The Morgan fingerprint density at radius 2 is 1.71 bits per heavy atom. The summed E-state index contributed by atoms with van der Waals surface area (Å²) >= 11 is 0. The molecule has 0 fully saturated rings. The average molecular weight is 204 g/mol. The maximum atomic E-state index is 11.5. The van der Waals surface area contributed by atoms with Gasteiger partial charge in [-0.1, -0.05) is 0 Å². The highest BCUT2D eigenvalue weighted by atomic mass is 16.3. The second-order valence-corrected chi connectivity index (χ2v) is 3.48. The molecular formula is C9H20N2O3. The van der Waals surface area contributed by atoms with Crippen LogP contribution in [0.5, 0.6) is 0 Å². The van der Waals surface area contributed by atoms with Crippen LogP contribution in [0.25, 0.3) is 0 Å². The molecule has 0 aromatic rings. The number of aliphatic hydroxyl groups excluding tert-OH is 2. The Labute approximate surface area is 84.7 Å². The molecule has 14 heavy (non-hydrogen) atoms. The largest absolute Gasteiger partial charge is 0.394 e. The second kappa shape index (κ2) is 5.82. The van der Waals surface area contributed by atoms with E-state index < -0.39 is 5.54 Å². The van der Waals surface area contributed by atoms with E-state index in [9.17, 15) is 4.79 Å². The SMILES string of the molecule is CCN(CC)C(=O)NC(C)(CO)CO. The van der Waals surface area contributed by atoms with E-state index in [-0.39, 0.29) is 19.2 Å². The third kappa shape index (κ3) is 3.51. The highest BCUT2D eigenvalue weighted by Gasteiger charge is 2.26. The summed E-state index contributed by atoms with van der Waals surface area (Å²) < 4.78 is 0. The van der Waals surface area contributed by atoms with Crippen molar-refractivity contribution in [1.29, 1.82) is 0 Å². The maximum absolute atomic E-state index is 11.5. The van der Waals surface area contributed by atoms with Gasteiger partial charge in [-0.3, -0.25) is 0 Å². The monoisotopic (exact) mass is 204 g/mol. The lowest BCUT2D eigenvalue weighted by Gasteiger charge is -2.29. The van der Waals surface area contributed by atoms with Crippen LogP contribution in [0.4, 0.5) is 4.79 Å². The predicted molar refractivity (Wildman–Crippen MR) is 54.0 cm³/mol. The van der Waals surface area contributed by atoms with Crippen molar-refractivity contribution in [3.05, 3.63) is 0 Å². The normalized spacial score (nSPS) is 11.2. The molecule has 0 heterocycles. The number of hydrogen-bond acceptors (Lipinski definition) is 3. The fourth-order valence-corrected chi connectivity index (χ4v) is 0.977. The van der Waals surface area contributed by atoms with Crippen LogP contribution in [0.1, 0.15) is 20.8 Å². The van der Waals surface area contributed by atoms with Crippen LogP contribution >= 0.6 is 0 Å². The minimum absolute atomic E-state index is 0.263. The van der Waals surface area contributed by atoms with E-state index >= 15 is 0 Å². The van der Waals surface area contributed by atoms with Crippen LogP contribution in [0.15, 0.2) is 0 Å². The highest BCUT2D eigenvalue weighted by molar-refractivity contribution is 5.75. The second-order valence-electron chi connectivity index (χ2n) is 3.48. The van der Waals surface area contributed by atoms with Crippen molar-refractivity contribution in [3.8, 4) is 0 Å². The van der Waals surface area contributed by atoms with Gasteiger partial charge >= 0.3 is 6.03 Å². The Balaban J connectivity index is 4.28. The summed E-state index contributed by atoms with van der Waals surface area (Å²) in [6.45, 7) is 5.99. The number of aliphatic hydroxyl groups is 2. The lowest BCUT2D eigenvalue weighted by molar-refractivity contribution is 0.102. The third-order valence-corrected chi connectivity index (χ3v) is 2.16. The predicted octanol–water partition coefficient (Wildman–Crippen LogP) is -0.219. The van der Waals surface area contributed by atoms with E-state index in [2.05, 4.69) is 5.32 Å². The first-order chi connectivity index (χ1) is 6.52. The average Bonchev–Trinajstić information content (AvgIpc) is 2.19. The molecule has 5 nitrogen and oxygen atoms in total. The lowest BCUT2D eigenvalue weighted by atomic mass is 10.1. The number of carbonyl (C=O) groups excluding carboxylic acids is 1. The summed E-state index contributed by atoms with van der Waals surface area (Å²) in [6, 6.07) is -0.263. The van der Waals surface area contributed by atoms with E-state index in [0.717, 1.165) is 0 Å². The van der Waals surface area contributed by atoms with Crippen molar-refractivity contribution in [3.63, 3.8) is 0 Å². The van der Waals surface area contributed by atoms with Gasteiger partial charge in [-0.25, -0.2) is 4.79 Å². The van der Waals surface area contributed by atoms with Crippen LogP contribution in [-0.2, 0) is 0 Å². The Hall–Kier alpha value is -0.810. The van der Waals surface area contributed by atoms with E-state index in [0.29, 0.717) is 13.1 Å². The smallest absolute Gasteiger partial charge is 0.317 e. The van der Waals surface area contributed by atoms with Gasteiger partial charge in [-0.15, -0.1) is 0 Å². The zero-order chi connectivity index (χ0) is 11.2. The van der Waals surface area contributed by atoms with Crippen LogP contribution in [-0.4, -0.2) is 53.0 Å². The van der Waals surface area contributed by atoms with Gasteiger partial charge in [0.25, 0.3) is 0 Å². The summed E-state index contributed by atoms with van der Waals surface area (Å²) in [5, 5.41) is 20.5. The molecule has 0 radical (unpaired) electrons. The number of amides is 2. The minimum atomic E-state index is -0.945. The van der Waals surface area contributed by atoms with E-state index in [1.165, 1.54) is 0 Å². The van der Waals surface area contributed by atoms with Gasteiger partial charge in [0.1, 0.15) is 0 Å². The molecule has 0 saturated heterocycles. The molecule has 0 unspecified atom stereocenters. The van der Waals surface area contributed by atoms with Gasteiger partial charge in [0.05, 0.1) is 18.8 Å². The van der Waals surface area contributed by atoms with Crippen LogP contribution in [0.2, 0.25) is 0 Å². The Morgan fingerprint density at radius 1 is 1.29 bits per heavy atom. The number of rotatable bonds is 5. The topological polar surface area (TPSA) is 72.8 Å². The molecule has 0 rings (SSSR count).